The molecule has 0 atom stereocenters. The SMILES string of the molecule is COc1cc(CN2CCCC2)ccc1CNCC(=O)O. The maximum Gasteiger partial charge on any atom is 0.317 e. The Labute approximate surface area is 119 Å². The van der Waals surface area contributed by atoms with Crippen LogP contribution in [0, 0.1) is 0 Å². The second-order valence-electron chi connectivity index (χ2n) is 5.13. The second-order valence-corrected chi connectivity index (χ2v) is 5.13. The van der Waals surface area contributed by atoms with Crippen LogP contribution in [0.25, 0.3) is 0 Å². The number of aliphatic carboxylic acids is 1. The summed E-state index contributed by atoms with van der Waals surface area (Å²) in [7, 11) is 1.65. The highest BCUT2D eigenvalue weighted by atomic mass is 16.5. The smallest absolute Gasteiger partial charge is 0.317 e. The Balaban J connectivity index is 1.97. The molecule has 1 aliphatic heterocycles. The number of methoxy groups -OCH3 is 1. The largest absolute Gasteiger partial charge is 0.496 e. The van der Waals surface area contributed by atoms with Crippen LogP contribution in [0.5, 0.6) is 5.75 Å². The summed E-state index contributed by atoms with van der Waals surface area (Å²) in [4.78, 5) is 12.9. The van der Waals surface area contributed by atoms with Gasteiger partial charge in [0.2, 0.25) is 0 Å². The first kappa shape index (κ1) is 14.8. The standard InChI is InChI=1S/C15H22N2O3/c1-20-14-8-12(11-17-6-2-3-7-17)4-5-13(14)9-16-10-15(18)19/h4-5,8,16H,2-3,6-7,9-11H2,1H3,(H,18,19). The van der Waals surface area contributed by atoms with Crippen molar-refractivity contribution < 1.29 is 14.6 Å². The third kappa shape index (κ3) is 4.21. The summed E-state index contributed by atoms with van der Waals surface area (Å²) in [6.07, 6.45) is 2.57. The lowest BCUT2D eigenvalue weighted by molar-refractivity contribution is -0.136. The van der Waals surface area contributed by atoms with E-state index in [1.165, 1.54) is 31.5 Å². The predicted molar refractivity (Wildman–Crippen MR) is 76.8 cm³/mol. The van der Waals surface area contributed by atoms with Crippen LogP contribution in [-0.4, -0.2) is 42.7 Å². The van der Waals surface area contributed by atoms with E-state index in [2.05, 4.69) is 22.3 Å². The summed E-state index contributed by atoms with van der Waals surface area (Å²) >= 11 is 0. The average Bonchev–Trinajstić information content (AvgIpc) is 2.92. The molecule has 0 aliphatic carbocycles. The number of hydrogen-bond acceptors (Lipinski definition) is 4. The van der Waals surface area contributed by atoms with Gasteiger partial charge < -0.3 is 15.2 Å². The Hall–Kier alpha value is -1.59. The highest BCUT2D eigenvalue weighted by Gasteiger charge is 2.13. The van der Waals surface area contributed by atoms with Crippen molar-refractivity contribution in [1.29, 1.82) is 0 Å². The van der Waals surface area contributed by atoms with E-state index in [9.17, 15) is 4.79 Å². The van der Waals surface area contributed by atoms with Gasteiger partial charge in [-0.2, -0.15) is 0 Å². The zero-order valence-electron chi connectivity index (χ0n) is 11.9. The first-order valence-corrected chi connectivity index (χ1v) is 6.99. The van der Waals surface area contributed by atoms with Gasteiger partial charge in [0, 0.05) is 18.7 Å². The molecule has 1 aromatic rings. The van der Waals surface area contributed by atoms with Crippen LogP contribution in [0.4, 0.5) is 0 Å². The van der Waals surface area contributed by atoms with Gasteiger partial charge in [-0.05, 0) is 37.6 Å². The van der Waals surface area contributed by atoms with E-state index in [0.717, 1.165) is 17.9 Å². The van der Waals surface area contributed by atoms with Crippen LogP contribution in [0.3, 0.4) is 0 Å². The topological polar surface area (TPSA) is 61.8 Å². The lowest BCUT2D eigenvalue weighted by Crippen LogP contribution is -2.22. The van der Waals surface area contributed by atoms with E-state index < -0.39 is 5.97 Å². The van der Waals surface area contributed by atoms with Gasteiger partial charge in [0.05, 0.1) is 13.7 Å². The first-order chi connectivity index (χ1) is 9.69. The monoisotopic (exact) mass is 278 g/mol. The molecule has 0 bridgehead atoms. The number of nitrogens with zero attached hydrogens (tertiary/aromatic N) is 1. The van der Waals surface area contributed by atoms with Crippen LogP contribution in [0.2, 0.25) is 0 Å². The highest BCUT2D eigenvalue weighted by Crippen LogP contribution is 2.22. The normalized spacial score (nSPS) is 15.4. The molecule has 110 valence electrons. The molecule has 1 heterocycles. The van der Waals surface area contributed by atoms with E-state index in [0.29, 0.717) is 6.54 Å². The average molecular weight is 278 g/mol. The summed E-state index contributed by atoms with van der Waals surface area (Å²) in [5, 5.41) is 11.5. The fourth-order valence-electron chi connectivity index (χ4n) is 2.54. The molecule has 1 aliphatic rings. The molecule has 1 fully saturated rings. The molecule has 0 radical (unpaired) electrons. The molecule has 20 heavy (non-hydrogen) atoms. The van der Waals surface area contributed by atoms with Crippen molar-refractivity contribution in [3.05, 3.63) is 29.3 Å². The molecular weight excluding hydrogens is 256 g/mol. The Bertz CT molecular complexity index is 456. The third-order valence-electron chi connectivity index (χ3n) is 3.55. The minimum atomic E-state index is -0.852. The number of benzene rings is 1. The Morgan fingerprint density at radius 2 is 2.15 bits per heavy atom. The van der Waals surface area contributed by atoms with Gasteiger partial charge in [-0.25, -0.2) is 0 Å². The molecule has 0 aromatic heterocycles. The zero-order chi connectivity index (χ0) is 14.4. The molecule has 5 nitrogen and oxygen atoms in total. The maximum atomic E-state index is 10.5. The van der Waals surface area contributed by atoms with Gasteiger partial charge >= 0.3 is 5.97 Å². The fraction of sp³-hybridized carbons (Fsp3) is 0.533. The Morgan fingerprint density at radius 3 is 2.80 bits per heavy atom. The van der Waals surface area contributed by atoms with Crippen molar-refractivity contribution in [2.75, 3.05) is 26.7 Å². The lowest BCUT2D eigenvalue weighted by atomic mass is 10.1. The molecule has 1 aromatic carbocycles. The Morgan fingerprint density at radius 1 is 1.40 bits per heavy atom. The number of ether oxygens (including phenoxy) is 1. The van der Waals surface area contributed by atoms with Gasteiger partial charge in [-0.3, -0.25) is 9.69 Å². The number of hydrogen-bond donors (Lipinski definition) is 2. The van der Waals surface area contributed by atoms with Crippen molar-refractivity contribution >= 4 is 5.97 Å². The van der Waals surface area contributed by atoms with Gasteiger partial charge in [0.1, 0.15) is 5.75 Å². The lowest BCUT2D eigenvalue weighted by Gasteiger charge is -2.16. The van der Waals surface area contributed by atoms with Gasteiger partial charge in [-0.1, -0.05) is 12.1 Å². The molecular formula is C15H22N2O3. The number of rotatable bonds is 7. The maximum absolute atomic E-state index is 10.5. The summed E-state index contributed by atoms with van der Waals surface area (Å²) in [5.74, 6) is -0.0331. The molecule has 0 unspecified atom stereocenters. The second kappa shape index (κ2) is 7.26. The van der Waals surface area contributed by atoms with Crippen LogP contribution >= 0.6 is 0 Å². The zero-order valence-corrected chi connectivity index (χ0v) is 11.9. The Kier molecular flexibility index (Phi) is 5.38. The molecule has 0 amide bonds. The first-order valence-electron chi connectivity index (χ1n) is 6.99. The van der Waals surface area contributed by atoms with Crippen molar-refractivity contribution in [3.63, 3.8) is 0 Å². The number of nitrogens with one attached hydrogen (secondary N) is 1. The summed E-state index contributed by atoms with van der Waals surface area (Å²) < 4.78 is 5.40. The van der Waals surface area contributed by atoms with Crippen molar-refractivity contribution in [2.24, 2.45) is 0 Å². The fourth-order valence-corrected chi connectivity index (χ4v) is 2.54. The van der Waals surface area contributed by atoms with Gasteiger partial charge in [0.25, 0.3) is 0 Å². The number of carboxylic acid groups (broad SMARTS) is 1. The molecule has 1 saturated heterocycles. The highest BCUT2D eigenvalue weighted by molar-refractivity contribution is 5.69. The number of carbonyl (C=O) groups is 1. The van der Waals surface area contributed by atoms with E-state index in [-0.39, 0.29) is 6.54 Å². The predicted octanol–water partition coefficient (Wildman–Crippen LogP) is 1.47. The van der Waals surface area contributed by atoms with E-state index >= 15 is 0 Å². The van der Waals surface area contributed by atoms with Crippen LogP contribution in [0.1, 0.15) is 24.0 Å². The molecule has 5 heteroatoms. The number of carboxylic acids is 1. The quantitative estimate of drug-likeness (QED) is 0.791. The molecule has 2 rings (SSSR count). The van der Waals surface area contributed by atoms with Gasteiger partial charge in [0.15, 0.2) is 0 Å². The van der Waals surface area contributed by atoms with E-state index in [1.54, 1.807) is 7.11 Å². The molecule has 0 spiro atoms. The van der Waals surface area contributed by atoms with Gasteiger partial charge in [-0.15, -0.1) is 0 Å². The summed E-state index contributed by atoms with van der Waals surface area (Å²) in [6.45, 7) is 3.76. The summed E-state index contributed by atoms with van der Waals surface area (Å²) in [5.41, 5.74) is 2.23. The van der Waals surface area contributed by atoms with Crippen LogP contribution in [-0.2, 0) is 17.9 Å². The van der Waals surface area contributed by atoms with E-state index in [1.807, 2.05) is 6.07 Å². The third-order valence-corrected chi connectivity index (χ3v) is 3.55. The minimum absolute atomic E-state index is 0.0430. The number of likely N-dealkylation sites (tertiary alicyclic amines) is 1. The minimum Gasteiger partial charge on any atom is -0.496 e. The van der Waals surface area contributed by atoms with Crippen molar-refractivity contribution in [3.8, 4) is 5.75 Å². The van der Waals surface area contributed by atoms with Crippen LogP contribution < -0.4 is 10.1 Å². The molecule has 0 saturated carbocycles. The van der Waals surface area contributed by atoms with Crippen LogP contribution in [0.15, 0.2) is 18.2 Å². The van der Waals surface area contributed by atoms with E-state index in [4.69, 9.17) is 9.84 Å². The van der Waals surface area contributed by atoms with Crippen molar-refractivity contribution in [1.82, 2.24) is 10.2 Å². The van der Waals surface area contributed by atoms with Crippen molar-refractivity contribution in [2.45, 2.75) is 25.9 Å². The molecule has 2 N–H and O–H groups in total. The summed E-state index contributed by atoms with van der Waals surface area (Å²) in [6, 6.07) is 6.16.